The molecule has 132 valence electrons. The molecule has 1 aliphatic rings. The van der Waals surface area contributed by atoms with E-state index >= 15 is 0 Å². The maximum absolute atomic E-state index is 13.3. The lowest BCUT2D eigenvalue weighted by Crippen LogP contribution is -2.46. The van der Waals surface area contributed by atoms with Crippen molar-refractivity contribution >= 4 is 27.3 Å². The van der Waals surface area contributed by atoms with Crippen molar-refractivity contribution in [3.8, 4) is 5.75 Å². The molecule has 3 rings (SSSR count). The predicted octanol–water partition coefficient (Wildman–Crippen LogP) is 2.48. The number of para-hydroxylation sites is 2. The number of benzene rings is 2. The molecule has 6 nitrogen and oxygen atoms in total. The third-order valence-electron chi connectivity index (χ3n) is 4.43. The first-order valence-corrected chi connectivity index (χ1v) is 9.25. The molecule has 25 heavy (non-hydrogen) atoms. The fraction of sp³-hybridized carbons (Fsp3) is 0.278. The number of carbonyl (C=O) groups is 1. The van der Waals surface area contributed by atoms with Gasteiger partial charge in [0.1, 0.15) is 12.3 Å². The standard InChI is InChI=1S/C18H20N2O4S/c1-12-10-17(13(2)9-16(12)24-4)25(22,23)20-11-18(21)19(3)14-7-5-6-8-15(14)20/h5-10H,11H2,1-4H3. The molecule has 0 radical (unpaired) electrons. The number of fused-ring (bicyclic) bond motifs is 1. The van der Waals surface area contributed by atoms with Gasteiger partial charge in [-0.05, 0) is 49.2 Å². The summed E-state index contributed by atoms with van der Waals surface area (Å²) in [5.74, 6) is 0.358. The summed E-state index contributed by atoms with van der Waals surface area (Å²) in [6, 6.07) is 10.3. The molecule has 0 spiro atoms. The second-order valence-corrected chi connectivity index (χ2v) is 7.87. The lowest BCUT2D eigenvalue weighted by molar-refractivity contribution is -0.117. The SMILES string of the molecule is COc1cc(C)c(S(=O)(=O)N2CC(=O)N(C)c3ccccc32)cc1C. The highest BCUT2D eigenvalue weighted by Gasteiger charge is 2.35. The van der Waals surface area contributed by atoms with Gasteiger partial charge in [0.05, 0.1) is 23.4 Å². The quantitative estimate of drug-likeness (QED) is 0.843. The molecular weight excluding hydrogens is 340 g/mol. The van der Waals surface area contributed by atoms with Crippen LogP contribution < -0.4 is 13.9 Å². The zero-order chi connectivity index (χ0) is 18.4. The van der Waals surface area contributed by atoms with Crippen LogP contribution in [0.25, 0.3) is 0 Å². The van der Waals surface area contributed by atoms with Crippen LogP contribution in [0.15, 0.2) is 41.3 Å². The number of methoxy groups -OCH3 is 1. The van der Waals surface area contributed by atoms with Gasteiger partial charge in [-0.1, -0.05) is 12.1 Å². The first kappa shape index (κ1) is 17.3. The molecule has 0 aliphatic carbocycles. The van der Waals surface area contributed by atoms with Crippen LogP contribution >= 0.6 is 0 Å². The highest BCUT2D eigenvalue weighted by Crippen LogP contribution is 2.37. The van der Waals surface area contributed by atoms with Crippen LogP contribution in [0, 0.1) is 13.8 Å². The van der Waals surface area contributed by atoms with Crippen LogP contribution in [0.2, 0.25) is 0 Å². The molecule has 0 saturated heterocycles. The van der Waals surface area contributed by atoms with Crippen molar-refractivity contribution in [1.82, 2.24) is 0 Å². The zero-order valence-corrected chi connectivity index (χ0v) is 15.4. The van der Waals surface area contributed by atoms with Gasteiger partial charge < -0.3 is 9.64 Å². The third-order valence-corrected chi connectivity index (χ3v) is 6.33. The average molecular weight is 360 g/mol. The Balaban J connectivity index is 2.17. The Hall–Kier alpha value is -2.54. The Labute approximate surface area is 147 Å². The van der Waals surface area contributed by atoms with Crippen LogP contribution in [0.3, 0.4) is 0 Å². The lowest BCUT2D eigenvalue weighted by atomic mass is 10.1. The van der Waals surface area contributed by atoms with E-state index in [4.69, 9.17) is 4.74 Å². The number of nitrogens with zero attached hydrogens (tertiary/aromatic N) is 2. The van der Waals surface area contributed by atoms with Crippen molar-refractivity contribution in [1.29, 1.82) is 0 Å². The summed E-state index contributed by atoms with van der Waals surface area (Å²) >= 11 is 0. The Bertz CT molecular complexity index is 954. The van der Waals surface area contributed by atoms with E-state index in [1.807, 2.05) is 0 Å². The van der Waals surface area contributed by atoms with Gasteiger partial charge in [0, 0.05) is 7.05 Å². The summed E-state index contributed by atoms with van der Waals surface area (Å²) < 4.78 is 33.0. The van der Waals surface area contributed by atoms with Crippen LogP contribution in [0.4, 0.5) is 11.4 Å². The molecule has 0 fully saturated rings. The number of likely N-dealkylation sites (N-methyl/N-ethyl adjacent to an activating group) is 1. The number of anilines is 2. The number of hydrogen-bond acceptors (Lipinski definition) is 4. The molecule has 7 heteroatoms. The van der Waals surface area contributed by atoms with E-state index in [1.165, 1.54) is 9.21 Å². The van der Waals surface area contributed by atoms with Crippen LogP contribution in [-0.4, -0.2) is 35.0 Å². The highest BCUT2D eigenvalue weighted by atomic mass is 32.2. The van der Waals surface area contributed by atoms with E-state index in [1.54, 1.807) is 64.4 Å². The van der Waals surface area contributed by atoms with Crippen molar-refractivity contribution in [3.05, 3.63) is 47.5 Å². The summed E-state index contributed by atoms with van der Waals surface area (Å²) in [7, 11) is -0.686. The van der Waals surface area contributed by atoms with E-state index < -0.39 is 10.0 Å². The normalized spacial score (nSPS) is 14.5. The van der Waals surface area contributed by atoms with Gasteiger partial charge in [0.25, 0.3) is 10.0 Å². The number of aryl methyl sites for hydroxylation is 2. The van der Waals surface area contributed by atoms with Crippen LogP contribution in [0.5, 0.6) is 5.75 Å². The lowest BCUT2D eigenvalue weighted by Gasteiger charge is -2.35. The first-order chi connectivity index (χ1) is 11.8. The summed E-state index contributed by atoms with van der Waals surface area (Å²) in [6.07, 6.45) is 0. The van der Waals surface area contributed by atoms with Crippen molar-refractivity contribution < 1.29 is 17.9 Å². The van der Waals surface area contributed by atoms with Gasteiger partial charge in [0.15, 0.2) is 0 Å². The summed E-state index contributed by atoms with van der Waals surface area (Å²) in [4.78, 5) is 14.0. The first-order valence-electron chi connectivity index (χ1n) is 7.81. The molecule has 2 aromatic carbocycles. The summed E-state index contributed by atoms with van der Waals surface area (Å²) in [5.41, 5.74) is 2.37. The van der Waals surface area contributed by atoms with E-state index in [2.05, 4.69) is 0 Å². The van der Waals surface area contributed by atoms with Gasteiger partial charge >= 0.3 is 0 Å². The third kappa shape index (κ3) is 2.74. The highest BCUT2D eigenvalue weighted by molar-refractivity contribution is 7.93. The minimum absolute atomic E-state index is 0.179. The Morgan fingerprint density at radius 1 is 1.04 bits per heavy atom. The van der Waals surface area contributed by atoms with Crippen LogP contribution in [-0.2, 0) is 14.8 Å². The molecule has 0 saturated carbocycles. The minimum Gasteiger partial charge on any atom is -0.496 e. The van der Waals surface area contributed by atoms with Gasteiger partial charge in [-0.2, -0.15) is 0 Å². The molecule has 0 bridgehead atoms. The van der Waals surface area contributed by atoms with Crippen LogP contribution in [0.1, 0.15) is 11.1 Å². The van der Waals surface area contributed by atoms with Crippen molar-refractivity contribution in [2.24, 2.45) is 0 Å². The molecule has 1 aliphatic heterocycles. The maximum atomic E-state index is 13.3. The Morgan fingerprint density at radius 3 is 2.32 bits per heavy atom. The largest absolute Gasteiger partial charge is 0.496 e. The second kappa shape index (κ2) is 6.07. The zero-order valence-electron chi connectivity index (χ0n) is 14.6. The molecule has 1 amide bonds. The van der Waals surface area contributed by atoms with E-state index in [-0.39, 0.29) is 17.3 Å². The number of sulfonamides is 1. The molecule has 0 aromatic heterocycles. The van der Waals surface area contributed by atoms with E-state index in [0.29, 0.717) is 22.7 Å². The molecule has 2 aromatic rings. The monoisotopic (exact) mass is 360 g/mol. The number of hydrogen-bond donors (Lipinski definition) is 0. The molecule has 0 N–H and O–H groups in total. The molecular formula is C18H20N2O4S. The van der Waals surface area contributed by atoms with Gasteiger partial charge in [-0.25, -0.2) is 8.42 Å². The molecule has 0 unspecified atom stereocenters. The van der Waals surface area contributed by atoms with Crippen molar-refractivity contribution in [3.63, 3.8) is 0 Å². The fourth-order valence-electron chi connectivity index (χ4n) is 3.00. The Kier molecular flexibility index (Phi) is 4.20. The number of carbonyl (C=O) groups excluding carboxylic acids is 1. The fourth-order valence-corrected chi connectivity index (χ4v) is 4.72. The smallest absolute Gasteiger partial charge is 0.265 e. The van der Waals surface area contributed by atoms with E-state index in [9.17, 15) is 13.2 Å². The van der Waals surface area contributed by atoms with Gasteiger partial charge in [0.2, 0.25) is 5.91 Å². The Morgan fingerprint density at radius 2 is 1.68 bits per heavy atom. The maximum Gasteiger partial charge on any atom is 0.265 e. The van der Waals surface area contributed by atoms with E-state index in [0.717, 1.165) is 5.56 Å². The van der Waals surface area contributed by atoms with Gasteiger partial charge in [-0.15, -0.1) is 0 Å². The number of amides is 1. The summed E-state index contributed by atoms with van der Waals surface area (Å²) in [5, 5.41) is 0. The second-order valence-electron chi connectivity index (χ2n) is 6.04. The van der Waals surface area contributed by atoms with Crippen molar-refractivity contribution in [2.45, 2.75) is 18.7 Å². The number of ether oxygens (including phenoxy) is 1. The van der Waals surface area contributed by atoms with Crippen molar-refractivity contribution in [2.75, 3.05) is 29.9 Å². The number of rotatable bonds is 3. The summed E-state index contributed by atoms with van der Waals surface area (Å²) in [6.45, 7) is 3.29. The predicted molar refractivity (Wildman–Crippen MR) is 96.9 cm³/mol. The molecule has 1 heterocycles. The molecule has 0 atom stereocenters. The van der Waals surface area contributed by atoms with Gasteiger partial charge in [-0.3, -0.25) is 9.10 Å². The average Bonchev–Trinajstić information content (AvgIpc) is 2.59. The topological polar surface area (TPSA) is 66.9 Å². The minimum atomic E-state index is -3.88.